The normalized spacial score (nSPS) is 15.7. The lowest BCUT2D eigenvalue weighted by atomic mass is 9.87. The number of carbonyl (C=O) groups is 3. The van der Waals surface area contributed by atoms with E-state index in [1.165, 1.54) is 11.3 Å². The summed E-state index contributed by atoms with van der Waals surface area (Å²) in [6, 6.07) is 8.67. The van der Waals surface area contributed by atoms with Crippen molar-refractivity contribution in [1.29, 1.82) is 0 Å². The smallest absolute Gasteiger partial charge is 0.338 e. The van der Waals surface area contributed by atoms with Gasteiger partial charge in [-0.3, -0.25) is 14.9 Å². The molecule has 4 rings (SSSR count). The van der Waals surface area contributed by atoms with Gasteiger partial charge in [-0.1, -0.05) is 6.92 Å². The van der Waals surface area contributed by atoms with Crippen LogP contribution in [0.3, 0.4) is 0 Å². The monoisotopic (exact) mass is 393 g/mol. The van der Waals surface area contributed by atoms with Crippen LogP contribution in [-0.2, 0) is 29.4 Å². The third-order valence-corrected chi connectivity index (χ3v) is 5.43. The predicted molar refractivity (Wildman–Crippen MR) is 108 cm³/mol. The Labute approximate surface area is 168 Å². The van der Waals surface area contributed by atoms with E-state index in [1.807, 2.05) is 12.1 Å². The predicted octanol–water partition coefficient (Wildman–Crippen LogP) is 2.74. The molecule has 0 bridgehead atoms. The number of ether oxygens (including phenoxy) is 1. The van der Waals surface area contributed by atoms with E-state index in [4.69, 9.17) is 4.74 Å². The highest BCUT2D eigenvalue weighted by Gasteiger charge is 2.21. The minimum Gasteiger partial charge on any atom is -0.452 e. The van der Waals surface area contributed by atoms with Gasteiger partial charge < -0.3 is 14.3 Å². The minimum absolute atomic E-state index is 0.349. The Kier molecular flexibility index (Phi) is 4.96. The van der Waals surface area contributed by atoms with Crippen molar-refractivity contribution in [2.45, 2.75) is 26.2 Å². The molecule has 29 heavy (non-hydrogen) atoms. The van der Waals surface area contributed by atoms with Crippen molar-refractivity contribution in [3.63, 3.8) is 0 Å². The molecule has 2 N–H and O–H groups in total. The summed E-state index contributed by atoms with van der Waals surface area (Å²) in [5.74, 6) is -1.18. The van der Waals surface area contributed by atoms with Crippen molar-refractivity contribution < 1.29 is 19.1 Å². The lowest BCUT2D eigenvalue weighted by Gasteiger charge is -2.18. The molecule has 0 saturated carbocycles. The van der Waals surface area contributed by atoms with E-state index in [0.29, 0.717) is 17.2 Å². The van der Waals surface area contributed by atoms with Gasteiger partial charge in [0.25, 0.3) is 11.8 Å². The van der Waals surface area contributed by atoms with E-state index in [2.05, 4.69) is 17.2 Å². The van der Waals surface area contributed by atoms with Crippen LogP contribution in [0.15, 0.2) is 36.5 Å². The molecule has 1 aliphatic carbocycles. The number of carbonyl (C=O) groups excluding carboxylic acids is 3. The fourth-order valence-electron chi connectivity index (χ4n) is 3.86. The van der Waals surface area contributed by atoms with Gasteiger partial charge in [0, 0.05) is 29.8 Å². The van der Waals surface area contributed by atoms with Crippen LogP contribution in [0.1, 0.15) is 45.4 Å². The molecule has 0 unspecified atom stereocenters. The van der Waals surface area contributed by atoms with Crippen LogP contribution in [0.5, 0.6) is 0 Å². The quantitative estimate of drug-likeness (QED) is 0.667. The topological polar surface area (TPSA) is 93.2 Å². The molecular weight excluding hydrogens is 370 g/mol. The molecule has 0 aliphatic heterocycles. The van der Waals surface area contributed by atoms with E-state index < -0.39 is 24.4 Å². The van der Waals surface area contributed by atoms with Crippen molar-refractivity contribution in [1.82, 2.24) is 14.9 Å². The number of imide groups is 1. The minimum atomic E-state index is -0.668. The van der Waals surface area contributed by atoms with E-state index in [-0.39, 0.29) is 0 Å². The Morgan fingerprint density at radius 1 is 1.28 bits per heavy atom. The number of hydrogen-bond acceptors (Lipinski definition) is 4. The zero-order valence-electron chi connectivity index (χ0n) is 16.5. The number of benzene rings is 1. The third kappa shape index (κ3) is 3.81. The van der Waals surface area contributed by atoms with Gasteiger partial charge in [-0.2, -0.15) is 0 Å². The second kappa shape index (κ2) is 7.58. The fraction of sp³-hybridized carbons (Fsp3) is 0.318. The number of hydrogen-bond donors (Lipinski definition) is 2. The van der Waals surface area contributed by atoms with Gasteiger partial charge in [0.2, 0.25) is 0 Å². The van der Waals surface area contributed by atoms with Gasteiger partial charge in [-0.25, -0.2) is 4.79 Å². The van der Waals surface area contributed by atoms with Gasteiger partial charge in [0.1, 0.15) is 5.69 Å². The zero-order chi connectivity index (χ0) is 20.5. The number of amides is 2. The lowest BCUT2D eigenvalue weighted by molar-refractivity contribution is -0.123. The fourth-order valence-corrected chi connectivity index (χ4v) is 3.86. The molecule has 0 saturated heterocycles. The van der Waals surface area contributed by atoms with E-state index in [1.54, 1.807) is 36.0 Å². The second-order valence-corrected chi connectivity index (χ2v) is 7.65. The van der Waals surface area contributed by atoms with Crippen LogP contribution in [0.2, 0.25) is 0 Å². The van der Waals surface area contributed by atoms with Gasteiger partial charge in [0.15, 0.2) is 6.61 Å². The number of aromatic nitrogens is 2. The molecule has 1 atom stereocenters. The summed E-state index contributed by atoms with van der Waals surface area (Å²) < 4.78 is 6.71. The van der Waals surface area contributed by atoms with Gasteiger partial charge >= 0.3 is 5.97 Å². The Bertz CT molecular complexity index is 1110. The molecular formula is C22H23N3O4. The summed E-state index contributed by atoms with van der Waals surface area (Å²) in [6.07, 6.45) is 4.86. The van der Waals surface area contributed by atoms with E-state index in [0.717, 1.165) is 30.2 Å². The highest BCUT2D eigenvalue weighted by molar-refractivity contribution is 6.05. The third-order valence-electron chi connectivity index (χ3n) is 5.43. The summed E-state index contributed by atoms with van der Waals surface area (Å²) in [6.45, 7) is 1.71. The number of H-pyrrole nitrogens is 1. The summed E-state index contributed by atoms with van der Waals surface area (Å²) in [5, 5.41) is 3.25. The standard InChI is InChI=1S/C22H23N3O4/c1-13-5-7-17-15(10-13)16-11-14(6-8-18(16)23-17)22(28)29-12-20(26)24-21(27)19-4-3-9-25(19)2/h3-4,6,8-9,11,13,23H,5,7,10,12H2,1-2H3,(H,24,26,27)/t13-/m1/s1. The first-order chi connectivity index (χ1) is 13.9. The van der Waals surface area contributed by atoms with Crippen LogP contribution >= 0.6 is 0 Å². The highest BCUT2D eigenvalue weighted by Crippen LogP contribution is 2.32. The SMILES string of the molecule is C[C@@H]1CCc2[nH]c3ccc(C(=O)OCC(=O)NC(=O)c4cccn4C)cc3c2C1. The molecule has 1 aliphatic rings. The summed E-state index contributed by atoms with van der Waals surface area (Å²) >= 11 is 0. The van der Waals surface area contributed by atoms with Crippen molar-refractivity contribution in [3.05, 3.63) is 59.0 Å². The van der Waals surface area contributed by atoms with Gasteiger partial charge in [-0.05, 0) is 61.1 Å². The maximum absolute atomic E-state index is 12.4. The Balaban J connectivity index is 1.41. The molecule has 0 fully saturated rings. The number of aromatic amines is 1. The zero-order valence-corrected chi connectivity index (χ0v) is 16.5. The van der Waals surface area contributed by atoms with Crippen molar-refractivity contribution in [2.75, 3.05) is 6.61 Å². The number of nitrogens with one attached hydrogen (secondary N) is 2. The molecule has 0 spiro atoms. The summed E-state index contributed by atoms with van der Waals surface area (Å²) in [7, 11) is 1.70. The second-order valence-electron chi connectivity index (χ2n) is 7.65. The average molecular weight is 393 g/mol. The van der Waals surface area contributed by atoms with Gasteiger partial charge in [-0.15, -0.1) is 0 Å². The average Bonchev–Trinajstić information content (AvgIpc) is 3.28. The molecule has 3 aromatic rings. The number of aryl methyl sites for hydroxylation is 2. The molecule has 2 aromatic heterocycles. The maximum atomic E-state index is 12.4. The molecule has 1 aromatic carbocycles. The van der Waals surface area contributed by atoms with Crippen LogP contribution in [-0.4, -0.2) is 33.9 Å². The maximum Gasteiger partial charge on any atom is 0.338 e. The van der Waals surface area contributed by atoms with Crippen molar-refractivity contribution in [2.24, 2.45) is 13.0 Å². The van der Waals surface area contributed by atoms with E-state index in [9.17, 15) is 14.4 Å². The molecule has 2 amide bonds. The Morgan fingerprint density at radius 2 is 2.10 bits per heavy atom. The highest BCUT2D eigenvalue weighted by atomic mass is 16.5. The Morgan fingerprint density at radius 3 is 2.86 bits per heavy atom. The number of esters is 1. The molecule has 150 valence electrons. The largest absolute Gasteiger partial charge is 0.452 e. The van der Waals surface area contributed by atoms with Crippen LogP contribution < -0.4 is 5.32 Å². The lowest BCUT2D eigenvalue weighted by Crippen LogP contribution is -2.35. The number of nitrogens with zero attached hydrogens (tertiary/aromatic N) is 1. The van der Waals surface area contributed by atoms with Crippen LogP contribution in [0, 0.1) is 5.92 Å². The molecule has 7 heteroatoms. The molecule has 0 radical (unpaired) electrons. The molecule has 2 heterocycles. The first-order valence-corrected chi connectivity index (χ1v) is 9.68. The summed E-state index contributed by atoms with van der Waals surface area (Å²) in [4.78, 5) is 39.9. The van der Waals surface area contributed by atoms with Crippen molar-refractivity contribution in [3.8, 4) is 0 Å². The van der Waals surface area contributed by atoms with Gasteiger partial charge in [0.05, 0.1) is 5.56 Å². The first-order valence-electron chi connectivity index (χ1n) is 9.68. The van der Waals surface area contributed by atoms with E-state index >= 15 is 0 Å². The Hall–Kier alpha value is -3.35. The first kappa shape index (κ1) is 19.0. The number of rotatable bonds is 4. The summed E-state index contributed by atoms with van der Waals surface area (Å²) in [5.41, 5.74) is 4.24. The van der Waals surface area contributed by atoms with Crippen LogP contribution in [0.25, 0.3) is 10.9 Å². The van der Waals surface area contributed by atoms with Crippen molar-refractivity contribution >= 4 is 28.7 Å². The van der Waals surface area contributed by atoms with Crippen LogP contribution in [0.4, 0.5) is 0 Å². The molecule has 7 nitrogen and oxygen atoms in total. The number of fused-ring (bicyclic) bond motifs is 3.